The monoisotopic (exact) mass is 362 g/mol. The van der Waals surface area contributed by atoms with Gasteiger partial charge in [-0.2, -0.15) is 0 Å². The summed E-state index contributed by atoms with van der Waals surface area (Å²) in [5, 5.41) is 0. The molecule has 2 aliphatic rings. The molecule has 0 aliphatic carbocycles. The molecule has 2 heterocycles. The standard InChI is InChI=1S/C23H26N2O2/c26-22(15-18-9-3-1-4-10-18)25-16-20(19-11-5-2-6-12-19)21(17-25)23(27)24-13-7-8-14-24/h1-6,9-12,20-21H,7-8,13-17H2. The first-order valence-electron chi connectivity index (χ1n) is 9.88. The molecule has 0 bridgehead atoms. The van der Waals surface area contributed by atoms with Crippen molar-refractivity contribution < 1.29 is 9.59 Å². The Balaban J connectivity index is 1.53. The first-order valence-corrected chi connectivity index (χ1v) is 9.88. The van der Waals surface area contributed by atoms with E-state index in [1.54, 1.807) is 0 Å². The molecule has 0 radical (unpaired) electrons. The summed E-state index contributed by atoms with van der Waals surface area (Å²) < 4.78 is 0. The molecule has 2 aromatic carbocycles. The van der Waals surface area contributed by atoms with E-state index >= 15 is 0 Å². The highest BCUT2D eigenvalue weighted by atomic mass is 16.2. The molecule has 4 heteroatoms. The average Bonchev–Trinajstić information content (AvgIpc) is 3.39. The number of carbonyl (C=O) groups excluding carboxylic acids is 2. The second-order valence-electron chi connectivity index (χ2n) is 7.62. The highest BCUT2D eigenvalue weighted by Crippen LogP contribution is 2.35. The Kier molecular flexibility index (Phi) is 5.23. The Labute approximate surface area is 160 Å². The van der Waals surface area contributed by atoms with Gasteiger partial charge in [0.05, 0.1) is 12.3 Å². The molecule has 2 aliphatic heterocycles. The molecule has 0 N–H and O–H groups in total. The fourth-order valence-electron chi connectivity index (χ4n) is 4.35. The van der Waals surface area contributed by atoms with Crippen molar-refractivity contribution in [3.8, 4) is 0 Å². The van der Waals surface area contributed by atoms with Crippen molar-refractivity contribution in [2.24, 2.45) is 5.92 Å². The molecule has 2 atom stereocenters. The predicted molar refractivity (Wildman–Crippen MR) is 105 cm³/mol. The smallest absolute Gasteiger partial charge is 0.228 e. The highest BCUT2D eigenvalue weighted by Gasteiger charge is 2.42. The lowest BCUT2D eigenvalue weighted by atomic mass is 9.88. The Morgan fingerprint density at radius 2 is 1.44 bits per heavy atom. The van der Waals surface area contributed by atoms with Crippen LogP contribution in [0.1, 0.15) is 29.9 Å². The van der Waals surface area contributed by atoms with Gasteiger partial charge >= 0.3 is 0 Å². The molecule has 140 valence electrons. The third kappa shape index (κ3) is 3.90. The Hall–Kier alpha value is -2.62. The molecule has 4 rings (SSSR count). The van der Waals surface area contributed by atoms with Crippen LogP contribution in [0.3, 0.4) is 0 Å². The van der Waals surface area contributed by atoms with Gasteiger partial charge in [-0.3, -0.25) is 9.59 Å². The van der Waals surface area contributed by atoms with Crippen LogP contribution in [0.25, 0.3) is 0 Å². The summed E-state index contributed by atoms with van der Waals surface area (Å²) in [5.41, 5.74) is 2.18. The van der Waals surface area contributed by atoms with Gasteiger partial charge in [0, 0.05) is 32.1 Å². The van der Waals surface area contributed by atoms with E-state index in [1.807, 2.05) is 58.3 Å². The first kappa shape index (κ1) is 17.8. The number of nitrogens with zero attached hydrogens (tertiary/aromatic N) is 2. The van der Waals surface area contributed by atoms with Gasteiger partial charge in [0.25, 0.3) is 0 Å². The van der Waals surface area contributed by atoms with Crippen molar-refractivity contribution in [3.05, 3.63) is 71.8 Å². The minimum Gasteiger partial charge on any atom is -0.342 e. The molecule has 2 unspecified atom stereocenters. The summed E-state index contributed by atoms with van der Waals surface area (Å²) in [6, 6.07) is 20.0. The molecule has 27 heavy (non-hydrogen) atoms. The Morgan fingerprint density at radius 1 is 0.815 bits per heavy atom. The van der Waals surface area contributed by atoms with Gasteiger partial charge in [-0.25, -0.2) is 0 Å². The van der Waals surface area contributed by atoms with Crippen molar-refractivity contribution in [1.82, 2.24) is 9.80 Å². The number of likely N-dealkylation sites (tertiary alicyclic amines) is 2. The number of amides is 2. The van der Waals surface area contributed by atoms with Crippen LogP contribution in [0.15, 0.2) is 60.7 Å². The number of benzene rings is 2. The van der Waals surface area contributed by atoms with E-state index in [1.165, 1.54) is 0 Å². The molecule has 0 spiro atoms. The normalized spacial score (nSPS) is 22.2. The molecule has 0 aromatic heterocycles. The van der Waals surface area contributed by atoms with Gasteiger partial charge < -0.3 is 9.80 Å². The van der Waals surface area contributed by atoms with Crippen molar-refractivity contribution in [2.75, 3.05) is 26.2 Å². The van der Waals surface area contributed by atoms with Crippen LogP contribution >= 0.6 is 0 Å². The minimum atomic E-state index is -0.134. The zero-order chi connectivity index (χ0) is 18.6. The van der Waals surface area contributed by atoms with E-state index < -0.39 is 0 Å². The van der Waals surface area contributed by atoms with Crippen molar-refractivity contribution in [1.29, 1.82) is 0 Å². The van der Waals surface area contributed by atoms with Crippen LogP contribution in [0, 0.1) is 5.92 Å². The summed E-state index contributed by atoms with van der Waals surface area (Å²) >= 11 is 0. The molecule has 0 saturated carbocycles. The molecular weight excluding hydrogens is 336 g/mol. The van der Waals surface area contributed by atoms with Gasteiger partial charge in [0.1, 0.15) is 0 Å². The van der Waals surface area contributed by atoms with Gasteiger partial charge in [0.2, 0.25) is 11.8 Å². The van der Waals surface area contributed by atoms with Crippen molar-refractivity contribution >= 4 is 11.8 Å². The molecule has 2 aromatic rings. The van der Waals surface area contributed by atoms with E-state index in [4.69, 9.17) is 0 Å². The predicted octanol–water partition coefficient (Wildman–Crippen LogP) is 3.09. The van der Waals surface area contributed by atoms with Crippen molar-refractivity contribution in [2.45, 2.75) is 25.2 Å². The summed E-state index contributed by atoms with van der Waals surface area (Å²) in [6.45, 7) is 2.87. The maximum Gasteiger partial charge on any atom is 0.228 e. The number of hydrogen-bond donors (Lipinski definition) is 0. The largest absolute Gasteiger partial charge is 0.342 e. The third-order valence-electron chi connectivity index (χ3n) is 5.83. The van der Waals surface area contributed by atoms with Gasteiger partial charge in [-0.1, -0.05) is 60.7 Å². The lowest BCUT2D eigenvalue weighted by molar-refractivity contribution is -0.135. The van der Waals surface area contributed by atoms with Crippen LogP contribution < -0.4 is 0 Å². The lowest BCUT2D eigenvalue weighted by Crippen LogP contribution is -2.37. The van der Waals surface area contributed by atoms with Crippen molar-refractivity contribution in [3.63, 3.8) is 0 Å². The highest BCUT2D eigenvalue weighted by molar-refractivity contribution is 5.84. The molecule has 4 nitrogen and oxygen atoms in total. The van der Waals surface area contributed by atoms with E-state index in [0.29, 0.717) is 19.5 Å². The molecule has 2 saturated heterocycles. The fourth-order valence-corrected chi connectivity index (χ4v) is 4.35. The molecule has 2 amide bonds. The number of rotatable bonds is 4. The van der Waals surface area contributed by atoms with Crippen LogP contribution in [0.2, 0.25) is 0 Å². The summed E-state index contributed by atoms with van der Waals surface area (Å²) in [6.07, 6.45) is 2.57. The molecule has 2 fully saturated rings. The van der Waals surface area contributed by atoms with Crippen LogP contribution in [0.5, 0.6) is 0 Å². The second-order valence-corrected chi connectivity index (χ2v) is 7.62. The maximum atomic E-state index is 13.1. The Morgan fingerprint density at radius 3 is 2.11 bits per heavy atom. The van der Waals surface area contributed by atoms with Gasteiger partial charge in [-0.05, 0) is 24.0 Å². The summed E-state index contributed by atoms with van der Waals surface area (Å²) in [5.74, 6) is 0.277. The first-order chi connectivity index (χ1) is 13.2. The fraction of sp³-hybridized carbons (Fsp3) is 0.391. The van der Waals surface area contributed by atoms with Gasteiger partial charge in [0.15, 0.2) is 0 Å². The van der Waals surface area contributed by atoms with E-state index in [-0.39, 0.29) is 23.7 Å². The van der Waals surface area contributed by atoms with E-state index in [2.05, 4.69) is 12.1 Å². The SMILES string of the molecule is O=C(Cc1ccccc1)N1CC(C(=O)N2CCCC2)C(c2ccccc2)C1. The molecular formula is C23H26N2O2. The van der Waals surface area contributed by atoms with E-state index in [0.717, 1.165) is 37.1 Å². The average molecular weight is 362 g/mol. The summed E-state index contributed by atoms with van der Waals surface area (Å²) in [4.78, 5) is 29.9. The second kappa shape index (κ2) is 7.95. The zero-order valence-corrected chi connectivity index (χ0v) is 15.6. The van der Waals surface area contributed by atoms with Crippen LogP contribution in [-0.2, 0) is 16.0 Å². The Bertz CT molecular complexity index is 785. The summed E-state index contributed by atoms with van der Waals surface area (Å²) in [7, 11) is 0. The van der Waals surface area contributed by atoms with Gasteiger partial charge in [-0.15, -0.1) is 0 Å². The lowest BCUT2D eigenvalue weighted by Gasteiger charge is -2.23. The van der Waals surface area contributed by atoms with Crippen LogP contribution in [-0.4, -0.2) is 47.8 Å². The number of carbonyl (C=O) groups is 2. The minimum absolute atomic E-state index is 0.0824. The topological polar surface area (TPSA) is 40.6 Å². The third-order valence-corrected chi connectivity index (χ3v) is 5.83. The van der Waals surface area contributed by atoms with E-state index in [9.17, 15) is 9.59 Å². The maximum absolute atomic E-state index is 13.1. The van der Waals surface area contributed by atoms with Crippen LogP contribution in [0.4, 0.5) is 0 Å². The quantitative estimate of drug-likeness (QED) is 0.839. The zero-order valence-electron chi connectivity index (χ0n) is 15.6. The number of hydrogen-bond acceptors (Lipinski definition) is 2.